The number of H-pyrrole nitrogens is 1. The number of aryl methyl sites for hydroxylation is 2. The van der Waals surface area contributed by atoms with E-state index in [0.29, 0.717) is 11.4 Å². The predicted molar refractivity (Wildman–Crippen MR) is 140 cm³/mol. The molecule has 4 aromatic rings. The van der Waals surface area contributed by atoms with Crippen molar-refractivity contribution in [3.63, 3.8) is 0 Å². The van der Waals surface area contributed by atoms with Gasteiger partial charge in [0.1, 0.15) is 11.3 Å². The number of aromatic amines is 1. The number of fused-ring (bicyclic) bond motifs is 1. The molecule has 3 aromatic heterocycles. The molecule has 0 bridgehead atoms. The van der Waals surface area contributed by atoms with Crippen LogP contribution in [0.4, 0.5) is 31.7 Å². The first kappa shape index (κ1) is 25.6. The number of carbonyl (C=O) groups excluding carboxylic acids is 1. The quantitative estimate of drug-likeness (QED) is 0.304. The minimum absolute atomic E-state index is 0.0528. The molecule has 0 atom stereocenters. The van der Waals surface area contributed by atoms with E-state index in [1.807, 2.05) is 13.1 Å². The third-order valence-electron chi connectivity index (χ3n) is 6.31. The number of aromatic nitrogens is 5. The van der Waals surface area contributed by atoms with Gasteiger partial charge in [0.2, 0.25) is 15.9 Å². The molecule has 14 heteroatoms. The molecule has 1 amide bonds. The Kier molecular flexibility index (Phi) is 6.29. The summed E-state index contributed by atoms with van der Waals surface area (Å²) in [7, 11) is -0.456. The average molecular weight is 545 g/mol. The summed E-state index contributed by atoms with van der Waals surface area (Å²) < 4.78 is 54.7. The van der Waals surface area contributed by atoms with E-state index in [2.05, 4.69) is 30.7 Å². The van der Waals surface area contributed by atoms with Crippen LogP contribution < -0.4 is 14.9 Å². The van der Waals surface area contributed by atoms with E-state index in [4.69, 9.17) is 0 Å². The third-order valence-corrected chi connectivity index (χ3v) is 7.50. The van der Waals surface area contributed by atoms with Gasteiger partial charge in [-0.1, -0.05) is 6.07 Å². The maximum atomic E-state index is 13.4. The largest absolute Gasteiger partial charge is 0.352 e. The summed E-state index contributed by atoms with van der Waals surface area (Å²) in [6.07, 6.45) is 1.61. The number of carbonyl (C=O) groups is 1. The molecule has 5 rings (SSSR count). The van der Waals surface area contributed by atoms with Gasteiger partial charge in [0.05, 0.1) is 29.0 Å². The normalized spacial score (nSPS) is 13.8. The summed E-state index contributed by atoms with van der Waals surface area (Å²) in [6, 6.07) is 6.68. The fourth-order valence-corrected chi connectivity index (χ4v) is 4.63. The Balaban J connectivity index is 1.62. The Bertz CT molecular complexity index is 1660. The monoisotopic (exact) mass is 544 g/mol. The van der Waals surface area contributed by atoms with Crippen LogP contribution in [0.2, 0.25) is 0 Å². The van der Waals surface area contributed by atoms with Crippen molar-refractivity contribution in [2.24, 2.45) is 13.0 Å². The molecule has 200 valence electrons. The predicted octanol–water partition coefficient (Wildman–Crippen LogP) is 4.09. The van der Waals surface area contributed by atoms with E-state index < -0.39 is 22.3 Å². The Morgan fingerprint density at radius 1 is 1.21 bits per heavy atom. The highest BCUT2D eigenvalue weighted by Crippen LogP contribution is 2.37. The second kappa shape index (κ2) is 9.35. The van der Waals surface area contributed by atoms with Crippen LogP contribution in [0.15, 0.2) is 30.5 Å². The number of halogens is 2. The first-order valence-corrected chi connectivity index (χ1v) is 13.6. The Morgan fingerprint density at radius 3 is 2.55 bits per heavy atom. The van der Waals surface area contributed by atoms with Crippen molar-refractivity contribution >= 4 is 50.0 Å². The number of sulfonamides is 1. The van der Waals surface area contributed by atoms with Crippen molar-refractivity contribution < 1.29 is 22.0 Å². The van der Waals surface area contributed by atoms with Crippen LogP contribution in [0.5, 0.6) is 0 Å². The summed E-state index contributed by atoms with van der Waals surface area (Å²) in [5, 5.41) is 10.2. The highest BCUT2D eigenvalue weighted by Gasteiger charge is 2.30. The first-order valence-electron chi connectivity index (χ1n) is 11.8. The van der Waals surface area contributed by atoms with Crippen LogP contribution >= 0.6 is 0 Å². The Morgan fingerprint density at radius 2 is 1.95 bits per heavy atom. The molecule has 0 aliphatic heterocycles. The van der Waals surface area contributed by atoms with Gasteiger partial charge in [-0.3, -0.25) is 13.8 Å². The number of nitrogens with one attached hydrogen (secondary N) is 3. The summed E-state index contributed by atoms with van der Waals surface area (Å²) in [4.78, 5) is 23.1. The average Bonchev–Trinajstić information content (AvgIpc) is 3.51. The van der Waals surface area contributed by atoms with Crippen LogP contribution in [0.25, 0.3) is 22.3 Å². The van der Waals surface area contributed by atoms with Crippen LogP contribution in [0.1, 0.15) is 30.8 Å². The van der Waals surface area contributed by atoms with Crippen LogP contribution in [0, 0.1) is 12.8 Å². The molecule has 0 radical (unpaired) electrons. The zero-order valence-corrected chi connectivity index (χ0v) is 21.9. The lowest BCUT2D eigenvalue weighted by atomic mass is 10.1. The maximum absolute atomic E-state index is 13.4. The standard InChI is InChI=1S/C24H26F2N8O3S/c1-12-15(11-33(2)32-12)14-7-8-16(18(9-14)34(3)38(4,36)37)27-17-10-19(29-24(35)13-5-6-13)28-22-20(17)30-23(31-22)21(25)26/h7-11,13,21H,5-6H2,1-4H3,(H3,27,28,29,30,31,35). The molecule has 1 saturated carbocycles. The van der Waals surface area contributed by atoms with Gasteiger partial charge in [-0.15, -0.1) is 0 Å². The molecule has 1 aliphatic rings. The topological polar surface area (TPSA) is 138 Å². The molecule has 0 spiro atoms. The first-order chi connectivity index (χ1) is 17.9. The Hall–Kier alpha value is -4.07. The van der Waals surface area contributed by atoms with Gasteiger partial charge in [-0.2, -0.15) is 5.10 Å². The smallest absolute Gasteiger partial charge is 0.295 e. The summed E-state index contributed by atoms with van der Waals surface area (Å²) in [5.74, 6) is -0.718. The van der Waals surface area contributed by atoms with Crippen molar-refractivity contribution in [3.8, 4) is 11.1 Å². The van der Waals surface area contributed by atoms with E-state index in [0.717, 1.165) is 40.2 Å². The summed E-state index contributed by atoms with van der Waals surface area (Å²) in [6.45, 7) is 1.85. The number of anilines is 4. The molecule has 11 nitrogen and oxygen atoms in total. The van der Waals surface area contributed by atoms with E-state index in [1.165, 1.54) is 13.1 Å². The number of hydrogen-bond acceptors (Lipinski definition) is 7. The molecule has 1 aliphatic carbocycles. The SMILES string of the molecule is Cc1nn(C)cc1-c1ccc(Nc2cc(NC(=O)C3CC3)nc3[nH]c(C(F)F)nc23)c(N(C)S(C)(=O)=O)c1. The van der Waals surface area contributed by atoms with E-state index >= 15 is 0 Å². The van der Waals surface area contributed by atoms with Crippen molar-refractivity contribution in [1.29, 1.82) is 0 Å². The minimum Gasteiger partial charge on any atom is -0.352 e. The molecule has 0 saturated heterocycles. The molecular weight excluding hydrogens is 518 g/mol. The number of alkyl halides is 2. The van der Waals surface area contributed by atoms with Crippen LogP contribution in [0.3, 0.4) is 0 Å². The number of rotatable bonds is 8. The summed E-state index contributed by atoms with van der Waals surface area (Å²) >= 11 is 0. The fourth-order valence-electron chi connectivity index (χ4n) is 4.12. The highest BCUT2D eigenvalue weighted by atomic mass is 32.2. The van der Waals surface area contributed by atoms with Crippen molar-refractivity contribution in [1.82, 2.24) is 24.7 Å². The third kappa shape index (κ3) is 5.03. The van der Waals surface area contributed by atoms with E-state index in [1.54, 1.807) is 29.9 Å². The van der Waals surface area contributed by atoms with Crippen molar-refractivity contribution in [3.05, 3.63) is 42.0 Å². The molecule has 0 unspecified atom stereocenters. The molecule has 1 aromatic carbocycles. The maximum Gasteiger partial charge on any atom is 0.295 e. The fraction of sp³-hybridized carbons (Fsp3) is 0.333. The zero-order chi connectivity index (χ0) is 27.4. The number of pyridine rings is 1. The van der Waals surface area contributed by atoms with Crippen LogP contribution in [-0.4, -0.2) is 52.4 Å². The highest BCUT2D eigenvalue weighted by molar-refractivity contribution is 7.92. The zero-order valence-electron chi connectivity index (χ0n) is 21.1. The molecular formula is C24H26F2N8O3S. The number of benzene rings is 1. The number of nitrogens with zero attached hydrogens (tertiary/aromatic N) is 5. The van der Waals surface area contributed by atoms with Gasteiger partial charge < -0.3 is 15.6 Å². The van der Waals surface area contributed by atoms with Gasteiger partial charge in [0, 0.05) is 37.8 Å². The second-order valence-electron chi connectivity index (χ2n) is 9.33. The van der Waals surface area contributed by atoms with E-state index in [-0.39, 0.29) is 34.5 Å². The van der Waals surface area contributed by atoms with Gasteiger partial charge in [-0.05, 0) is 37.5 Å². The molecule has 3 N–H and O–H groups in total. The number of imidazole rings is 1. The Labute approximate surface area is 217 Å². The van der Waals surface area contributed by atoms with Gasteiger partial charge in [0.25, 0.3) is 6.43 Å². The lowest BCUT2D eigenvalue weighted by Gasteiger charge is -2.22. The molecule has 1 fully saturated rings. The minimum atomic E-state index is -3.67. The van der Waals surface area contributed by atoms with Crippen molar-refractivity contribution in [2.45, 2.75) is 26.2 Å². The lowest BCUT2D eigenvalue weighted by molar-refractivity contribution is -0.117. The second-order valence-corrected chi connectivity index (χ2v) is 11.3. The number of hydrogen-bond donors (Lipinski definition) is 3. The molecule has 3 heterocycles. The van der Waals surface area contributed by atoms with E-state index in [9.17, 15) is 22.0 Å². The van der Waals surface area contributed by atoms with Gasteiger partial charge in [-0.25, -0.2) is 27.2 Å². The number of amides is 1. The van der Waals surface area contributed by atoms with Crippen molar-refractivity contribution in [2.75, 3.05) is 28.2 Å². The lowest BCUT2D eigenvalue weighted by Crippen LogP contribution is -2.25. The van der Waals surface area contributed by atoms with Gasteiger partial charge in [0.15, 0.2) is 11.5 Å². The van der Waals surface area contributed by atoms with Crippen LogP contribution in [-0.2, 0) is 21.9 Å². The summed E-state index contributed by atoms with van der Waals surface area (Å²) in [5.41, 5.74) is 3.45. The molecule has 38 heavy (non-hydrogen) atoms. The van der Waals surface area contributed by atoms with Gasteiger partial charge >= 0.3 is 0 Å².